The van der Waals surface area contributed by atoms with E-state index in [4.69, 9.17) is 5.11 Å². The maximum Gasteiger partial charge on any atom is 0.335 e. The van der Waals surface area contributed by atoms with Gasteiger partial charge in [0.05, 0.1) is 5.56 Å². The van der Waals surface area contributed by atoms with Gasteiger partial charge in [-0.1, -0.05) is 0 Å². The smallest absolute Gasteiger partial charge is 0.335 e. The van der Waals surface area contributed by atoms with Crippen LogP contribution in [0.25, 0.3) is 0 Å². The first-order chi connectivity index (χ1) is 7.25. The largest absolute Gasteiger partial charge is 0.478 e. The molecule has 2 rings (SSSR count). The Labute approximate surface area is 88.5 Å². The zero-order valence-corrected chi connectivity index (χ0v) is 8.44. The van der Waals surface area contributed by atoms with E-state index in [0.29, 0.717) is 5.56 Å². The first kappa shape index (κ1) is 9.98. The highest BCUT2D eigenvalue weighted by molar-refractivity contribution is 5.87. The highest BCUT2D eigenvalue weighted by Gasteiger charge is 2.11. The average Bonchev–Trinajstić information content (AvgIpc) is 2.71. The molecule has 1 aliphatic heterocycles. The van der Waals surface area contributed by atoms with Gasteiger partial charge < -0.3 is 10.5 Å². The molecule has 0 unspecified atom stereocenters. The predicted octanol–water partition coefficient (Wildman–Crippen LogP) is 1.81. The van der Waals surface area contributed by atoms with Crippen LogP contribution in [0.2, 0.25) is 0 Å². The maximum atomic E-state index is 10.6. The number of hydrogen-bond acceptors (Lipinski definition) is 3. The van der Waals surface area contributed by atoms with Crippen molar-refractivity contribution in [3.8, 4) is 0 Å². The van der Waals surface area contributed by atoms with E-state index >= 15 is 0 Å². The van der Waals surface area contributed by atoms with E-state index in [1.54, 1.807) is 24.3 Å². The van der Waals surface area contributed by atoms with Crippen molar-refractivity contribution in [2.45, 2.75) is 12.8 Å². The van der Waals surface area contributed by atoms with Gasteiger partial charge in [-0.05, 0) is 37.1 Å². The third kappa shape index (κ3) is 2.47. The molecule has 0 saturated carbocycles. The first-order valence-corrected chi connectivity index (χ1v) is 5.11. The fraction of sp³-hybridized carbons (Fsp3) is 0.364. The van der Waals surface area contributed by atoms with Crippen molar-refractivity contribution in [3.63, 3.8) is 0 Å². The molecule has 1 aromatic rings. The second-order valence-corrected chi connectivity index (χ2v) is 3.69. The topological polar surface area (TPSA) is 52.6 Å². The third-order valence-corrected chi connectivity index (χ3v) is 2.53. The van der Waals surface area contributed by atoms with Gasteiger partial charge in [0.2, 0.25) is 0 Å². The summed E-state index contributed by atoms with van der Waals surface area (Å²) in [4.78, 5) is 10.6. The van der Waals surface area contributed by atoms with Gasteiger partial charge in [-0.25, -0.2) is 9.80 Å². The monoisotopic (exact) mass is 206 g/mol. The molecular formula is C11H14N2O2. The number of hydrazine groups is 1. The minimum absolute atomic E-state index is 0.321. The summed E-state index contributed by atoms with van der Waals surface area (Å²) in [6.07, 6.45) is 2.44. The van der Waals surface area contributed by atoms with Gasteiger partial charge in [0.1, 0.15) is 0 Å². The van der Waals surface area contributed by atoms with E-state index in [1.807, 2.05) is 0 Å². The van der Waals surface area contributed by atoms with Crippen molar-refractivity contribution in [2.24, 2.45) is 0 Å². The van der Waals surface area contributed by atoms with Crippen LogP contribution in [0.4, 0.5) is 5.69 Å². The Morgan fingerprint density at radius 2 is 1.80 bits per heavy atom. The van der Waals surface area contributed by atoms with Crippen molar-refractivity contribution in [1.82, 2.24) is 5.01 Å². The van der Waals surface area contributed by atoms with E-state index in [0.717, 1.165) is 18.8 Å². The Morgan fingerprint density at radius 1 is 1.20 bits per heavy atom. The zero-order chi connectivity index (χ0) is 10.7. The molecule has 4 nitrogen and oxygen atoms in total. The van der Waals surface area contributed by atoms with Gasteiger partial charge in [-0.15, -0.1) is 0 Å². The number of carboxylic acid groups (broad SMARTS) is 1. The summed E-state index contributed by atoms with van der Waals surface area (Å²) in [5, 5.41) is 10.9. The number of nitrogens with zero attached hydrogens (tertiary/aromatic N) is 1. The Morgan fingerprint density at radius 3 is 2.33 bits per heavy atom. The van der Waals surface area contributed by atoms with Crippen LogP contribution < -0.4 is 5.43 Å². The van der Waals surface area contributed by atoms with Gasteiger partial charge in [0.15, 0.2) is 0 Å². The van der Waals surface area contributed by atoms with E-state index in [1.165, 1.54) is 12.8 Å². The van der Waals surface area contributed by atoms with E-state index in [9.17, 15) is 4.79 Å². The lowest BCUT2D eigenvalue weighted by Crippen LogP contribution is -2.26. The van der Waals surface area contributed by atoms with Gasteiger partial charge in [0, 0.05) is 18.8 Å². The molecule has 80 valence electrons. The highest BCUT2D eigenvalue weighted by atomic mass is 16.4. The van der Waals surface area contributed by atoms with Gasteiger partial charge >= 0.3 is 5.97 Å². The summed E-state index contributed by atoms with van der Waals surface area (Å²) in [5.41, 5.74) is 4.51. The molecule has 0 atom stereocenters. The number of hydrogen-bond donors (Lipinski definition) is 2. The summed E-state index contributed by atoms with van der Waals surface area (Å²) in [6, 6.07) is 6.81. The van der Waals surface area contributed by atoms with Crippen LogP contribution in [0.1, 0.15) is 23.2 Å². The van der Waals surface area contributed by atoms with Gasteiger partial charge in [-0.3, -0.25) is 0 Å². The van der Waals surface area contributed by atoms with Crippen LogP contribution >= 0.6 is 0 Å². The maximum absolute atomic E-state index is 10.6. The quantitative estimate of drug-likeness (QED) is 0.792. The lowest BCUT2D eigenvalue weighted by atomic mass is 10.2. The van der Waals surface area contributed by atoms with Crippen molar-refractivity contribution in [3.05, 3.63) is 29.8 Å². The minimum Gasteiger partial charge on any atom is -0.478 e. The molecule has 1 aromatic carbocycles. The first-order valence-electron chi connectivity index (χ1n) is 5.11. The SMILES string of the molecule is O=C(O)c1ccc(NN2CCCC2)cc1. The molecule has 1 saturated heterocycles. The lowest BCUT2D eigenvalue weighted by molar-refractivity contribution is 0.0697. The predicted molar refractivity (Wildman–Crippen MR) is 57.8 cm³/mol. The zero-order valence-electron chi connectivity index (χ0n) is 8.44. The van der Waals surface area contributed by atoms with Crippen molar-refractivity contribution < 1.29 is 9.90 Å². The Kier molecular flexibility index (Phi) is 2.87. The number of rotatable bonds is 3. The standard InChI is InChI=1S/C11H14N2O2/c14-11(15)9-3-5-10(6-4-9)12-13-7-1-2-8-13/h3-6,12H,1-2,7-8H2,(H,14,15). The third-order valence-electron chi connectivity index (χ3n) is 2.53. The molecule has 0 amide bonds. The summed E-state index contributed by atoms with van der Waals surface area (Å²) in [6.45, 7) is 2.11. The van der Waals surface area contributed by atoms with Gasteiger partial charge in [-0.2, -0.15) is 0 Å². The molecule has 0 spiro atoms. The number of benzene rings is 1. The summed E-state index contributed by atoms with van der Waals surface area (Å²) in [7, 11) is 0. The molecule has 1 aliphatic rings. The average molecular weight is 206 g/mol. The second-order valence-electron chi connectivity index (χ2n) is 3.69. The van der Waals surface area contributed by atoms with E-state index in [-0.39, 0.29) is 0 Å². The number of nitrogens with one attached hydrogen (secondary N) is 1. The fourth-order valence-corrected chi connectivity index (χ4v) is 1.70. The highest BCUT2D eigenvalue weighted by Crippen LogP contribution is 2.13. The van der Waals surface area contributed by atoms with Crippen LogP contribution in [0.3, 0.4) is 0 Å². The van der Waals surface area contributed by atoms with Crippen LogP contribution in [-0.2, 0) is 0 Å². The second kappa shape index (κ2) is 4.31. The van der Waals surface area contributed by atoms with E-state index < -0.39 is 5.97 Å². The Balaban J connectivity index is 2.00. The number of aromatic carboxylic acids is 1. The van der Waals surface area contributed by atoms with Crippen LogP contribution in [-0.4, -0.2) is 29.2 Å². The molecule has 1 heterocycles. The van der Waals surface area contributed by atoms with Crippen LogP contribution in [0, 0.1) is 0 Å². The molecule has 0 bridgehead atoms. The normalized spacial score (nSPS) is 16.5. The fourth-order valence-electron chi connectivity index (χ4n) is 1.70. The number of anilines is 1. The Hall–Kier alpha value is -1.55. The summed E-state index contributed by atoms with van der Waals surface area (Å²) >= 11 is 0. The Bertz CT molecular complexity index is 342. The van der Waals surface area contributed by atoms with Gasteiger partial charge in [0.25, 0.3) is 0 Å². The molecule has 2 N–H and O–H groups in total. The molecule has 4 heteroatoms. The molecule has 1 fully saturated rings. The molecule has 0 aromatic heterocycles. The number of carbonyl (C=O) groups is 1. The molecule has 0 radical (unpaired) electrons. The summed E-state index contributed by atoms with van der Waals surface area (Å²) in [5.74, 6) is -0.886. The van der Waals surface area contributed by atoms with Crippen molar-refractivity contribution >= 4 is 11.7 Å². The lowest BCUT2D eigenvalue weighted by Gasteiger charge is -2.17. The summed E-state index contributed by atoms with van der Waals surface area (Å²) < 4.78 is 0. The molecular weight excluding hydrogens is 192 g/mol. The van der Waals surface area contributed by atoms with Crippen molar-refractivity contribution in [2.75, 3.05) is 18.5 Å². The molecule has 15 heavy (non-hydrogen) atoms. The number of carboxylic acids is 1. The van der Waals surface area contributed by atoms with Crippen LogP contribution in [0.15, 0.2) is 24.3 Å². The van der Waals surface area contributed by atoms with E-state index in [2.05, 4.69) is 10.4 Å². The van der Waals surface area contributed by atoms with Crippen molar-refractivity contribution in [1.29, 1.82) is 0 Å². The molecule has 0 aliphatic carbocycles. The van der Waals surface area contributed by atoms with Crippen LogP contribution in [0.5, 0.6) is 0 Å². The minimum atomic E-state index is -0.886.